The Kier molecular flexibility index (Phi) is 5.32. The van der Waals surface area contributed by atoms with Crippen LogP contribution in [0.25, 0.3) is 0 Å². The number of imide groups is 1. The predicted octanol–water partition coefficient (Wildman–Crippen LogP) is 3.22. The number of rotatable bonds is 4. The lowest BCUT2D eigenvalue weighted by molar-refractivity contribution is -0.136. The Morgan fingerprint density at radius 2 is 1.85 bits per heavy atom. The van der Waals surface area contributed by atoms with Gasteiger partial charge in [0.1, 0.15) is 6.04 Å². The molecule has 4 aliphatic rings. The molecule has 34 heavy (non-hydrogen) atoms. The van der Waals surface area contributed by atoms with E-state index in [0.29, 0.717) is 40.7 Å². The number of anilines is 1. The fourth-order valence-corrected chi connectivity index (χ4v) is 6.32. The van der Waals surface area contributed by atoms with E-state index in [1.165, 1.54) is 0 Å². The summed E-state index contributed by atoms with van der Waals surface area (Å²) in [4.78, 5) is 43.1. The molecule has 4 aliphatic heterocycles. The average Bonchev–Trinajstić information content (AvgIpc) is 3.49. The van der Waals surface area contributed by atoms with Gasteiger partial charge in [-0.3, -0.25) is 24.6 Å². The molecule has 3 saturated heterocycles. The lowest BCUT2D eigenvalue weighted by Crippen LogP contribution is -2.52. The average molecular weight is 499 g/mol. The lowest BCUT2D eigenvalue weighted by Gasteiger charge is -2.36. The highest BCUT2D eigenvalue weighted by Gasteiger charge is 2.44. The third-order valence-electron chi connectivity index (χ3n) is 7.57. The van der Waals surface area contributed by atoms with Crippen LogP contribution in [0.1, 0.15) is 40.7 Å². The Bertz CT molecular complexity index is 1220. The van der Waals surface area contributed by atoms with Crippen LogP contribution in [0, 0.1) is 0 Å². The molecule has 0 aliphatic carbocycles. The second kappa shape index (κ2) is 8.26. The Morgan fingerprint density at radius 1 is 1.00 bits per heavy atom. The van der Waals surface area contributed by atoms with Crippen LogP contribution < -0.4 is 10.2 Å². The SMILES string of the molecule is O=C1CCC(N2Cc3cc(CN4C[C@H]5C[C@@H]4CN5c4cccc(Cl)c4Cl)ccc3C2=O)C(=O)N1. The molecule has 2 aromatic rings. The monoisotopic (exact) mass is 498 g/mol. The van der Waals surface area contributed by atoms with Gasteiger partial charge in [-0.1, -0.05) is 41.4 Å². The van der Waals surface area contributed by atoms with Gasteiger partial charge in [0.05, 0.1) is 15.7 Å². The molecule has 9 heteroatoms. The van der Waals surface area contributed by atoms with Crippen LogP contribution in [0.3, 0.4) is 0 Å². The topological polar surface area (TPSA) is 73.0 Å². The highest BCUT2D eigenvalue weighted by atomic mass is 35.5. The Balaban J connectivity index is 1.13. The standard InChI is InChI=1S/C25H24Cl2N4O3/c26-19-2-1-3-20(23(19)27)30-13-16-9-17(30)12-29(16)10-14-4-5-18-15(8-14)11-31(25(18)34)21-6-7-22(32)28-24(21)33/h1-5,8,16-17,21H,6-7,9-13H2,(H,28,32,33)/t16-,17-,21?/m1/s1. The van der Waals surface area contributed by atoms with Gasteiger partial charge in [-0.2, -0.15) is 0 Å². The molecule has 0 radical (unpaired) electrons. The zero-order valence-electron chi connectivity index (χ0n) is 18.5. The summed E-state index contributed by atoms with van der Waals surface area (Å²) in [6, 6.07) is 12.0. The molecule has 1 unspecified atom stereocenters. The molecule has 0 aromatic heterocycles. The second-order valence-electron chi connectivity index (χ2n) is 9.59. The number of fused-ring (bicyclic) bond motifs is 3. The van der Waals surface area contributed by atoms with Gasteiger partial charge in [0.2, 0.25) is 11.8 Å². The number of benzene rings is 2. The summed E-state index contributed by atoms with van der Waals surface area (Å²) in [7, 11) is 0. The summed E-state index contributed by atoms with van der Waals surface area (Å²) < 4.78 is 0. The first-order valence-electron chi connectivity index (χ1n) is 11.6. The zero-order valence-corrected chi connectivity index (χ0v) is 20.0. The van der Waals surface area contributed by atoms with Crippen molar-refractivity contribution >= 4 is 46.6 Å². The Hall–Kier alpha value is -2.61. The van der Waals surface area contributed by atoms with Gasteiger partial charge in [-0.25, -0.2) is 0 Å². The minimum absolute atomic E-state index is 0.134. The van der Waals surface area contributed by atoms with Crippen molar-refractivity contribution in [2.24, 2.45) is 0 Å². The number of halogens is 2. The summed E-state index contributed by atoms with van der Waals surface area (Å²) in [6.07, 6.45) is 1.73. The van der Waals surface area contributed by atoms with Crippen molar-refractivity contribution in [2.45, 2.75) is 50.5 Å². The van der Waals surface area contributed by atoms with Crippen molar-refractivity contribution in [1.82, 2.24) is 15.1 Å². The fourth-order valence-electron chi connectivity index (χ4n) is 5.91. The van der Waals surface area contributed by atoms with Gasteiger partial charge >= 0.3 is 0 Å². The Morgan fingerprint density at radius 3 is 2.62 bits per heavy atom. The molecule has 2 aromatic carbocycles. The van der Waals surface area contributed by atoms with Crippen LogP contribution in [0.5, 0.6) is 0 Å². The maximum atomic E-state index is 12.9. The molecule has 0 saturated carbocycles. The molecule has 3 fully saturated rings. The number of likely N-dealkylation sites (tertiary alicyclic amines) is 1. The third-order valence-corrected chi connectivity index (χ3v) is 8.38. The molecular weight excluding hydrogens is 475 g/mol. The number of amides is 3. The van der Waals surface area contributed by atoms with Crippen molar-refractivity contribution in [3.05, 3.63) is 63.1 Å². The van der Waals surface area contributed by atoms with E-state index in [2.05, 4.69) is 21.2 Å². The molecular formula is C25H24Cl2N4O3. The van der Waals surface area contributed by atoms with E-state index >= 15 is 0 Å². The van der Waals surface area contributed by atoms with Gasteiger partial charge < -0.3 is 9.80 Å². The van der Waals surface area contributed by atoms with Crippen LogP contribution in [-0.4, -0.2) is 58.7 Å². The minimum Gasteiger partial charge on any atom is -0.364 e. The van der Waals surface area contributed by atoms with Crippen LogP contribution in [0.4, 0.5) is 5.69 Å². The third kappa shape index (κ3) is 3.58. The number of carbonyl (C=O) groups excluding carboxylic acids is 3. The molecule has 2 bridgehead atoms. The van der Waals surface area contributed by atoms with E-state index in [1.54, 1.807) is 4.90 Å². The fraction of sp³-hybridized carbons (Fsp3) is 0.400. The van der Waals surface area contributed by atoms with Crippen LogP contribution >= 0.6 is 23.2 Å². The van der Waals surface area contributed by atoms with Gasteiger partial charge in [-0.05, 0) is 42.2 Å². The first-order chi connectivity index (χ1) is 16.4. The lowest BCUT2D eigenvalue weighted by atomic mass is 10.0. The normalized spacial score (nSPS) is 26.4. The molecule has 3 atom stereocenters. The van der Waals surface area contributed by atoms with Gasteiger partial charge in [0, 0.05) is 50.2 Å². The number of nitrogens with zero attached hydrogens (tertiary/aromatic N) is 3. The highest BCUT2D eigenvalue weighted by Crippen LogP contribution is 2.40. The largest absolute Gasteiger partial charge is 0.364 e. The number of carbonyl (C=O) groups is 3. The summed E-state index contributed by atoms with van der Waals surface area (Å²) >= 11 is 12.7. The first-order valence-corrected chi connectivity index (χ1v) is 12.4. The number of hydrogen-bond donors (Lipinski definition) is 1. The molecule has 3 amide bonds. The number of piperidine rings is 1. The first kappa shape index (κ1) is 21.9. The van der Waals surface area contributed by atoms with Gasteiger partial charge in [-0.15, -0.1) is 0 Å². The maximum Gasteiger partial charge on any atom is 0.255 e. The molecule has 1 N–H and O–H groups in total. The van der Waals surface area contributed by atoms with Gasteiger partial charge in [0.15, 0.2) is 0 Å². The van der Waals surface area contributed by atoms with Crippen molar-refractivity contribution in [2.75, 3.05) is 18.0 Å². The quantitative estimate of drug-likeness (QED) is 0.655. The van der Waals surface area contributed by atoms with Crippen LogP contribution in [0.2, 0.25) is 10.0 Å². The van der Waals surface area contributed by atoms with E-state index in [-0.39, 0.29) is 24.1 Å². The molecule has 6 rings (SSSR count). The summed E-state index contributed by atoms with van der Waals surface area (Å²) in [6.45, 7) is 3.09. The Labute approximate surface area is 207 Å². The summed E-state index contributed by atoms with van der Waals surface area (Å²) in [5, 5.41) is 3.55. The summed E-state index contributed by atoms with van der Waals surface area (Å²) in [5.74, 6) is -0.788. The molecule has 176 valence electrons. The van der Waals surface area contributed by atoms with E-state index < -0.39 is 6.04 Å². The molecule has 0 spiro atoms. The molecule has 7 nitrogen and oxygen atoms in total. The summed E-state index contributed by atoms with van der Waals surface area (Å²) in [5.41, 5.74) is 3.77. The number of hydrogen-bond acceptors (Lipinski definition) is 5. The van der Waals surface area contributed by atoms with Crippen molar-refractivity contribution < 1.29 is 14.4 Å². The van der Waals surface area contributed by atoms with E-state index in [4.69, 9.17) is 23.2 Å². The van der Waals surface area contributed by atoms with E-state index in [1.807, 2.05) is 30.3 Å². The van der Waals surface area contributed by atoms with Crippen molar-refractivity contribution in [1.29, 1.82) is 0 Å². The zero-order chi connectivity index (χ0) is 23.6. The van der Waals surface area contributed by atoms with Crippen molar-refractivity contribution in [3.63, 3.8) is 0 Å². The van der Waals surface area contributed by atoms with Crippen molar-refractivity contribution in [3.8, 4) is 0 Å². The number of piperazine rings is 1. The predicted molar refractivity (Wildman–Crippen MR) is 129 cm³/mol. The van der Waals surface area contributed by atoms with Gasteiger partial charge in [0.25, 0.3) is 5.91 Å². The van der Waals surface area contributed by atoms with Crippen LogP contribution in [0.15, 0.2) is 36.4 Å². The molecule has 4 heterocycles. The van der Waals surface area contributed by atoms with Crippen LogP contribution in [-0.2, 0) is 22.7 Å². The highest BCUT2D eigenvalue weighted by molar-refractivity contribution is 6.43. The van der Waals surface area contributed by atoms with E-state index in [0.717, 1.165) is 42.9 Å². The second-order valence-corrected chi connectivity index (χ2v) is 10.4. The minimum atomic E-state index is -0.584. The smallest absolute Gasteiger partial charge is 0.255 e. The van der Waals surface area contributed by atoms with E-state index in [9.17, 15) is 14.4 Å². The maximum absolute atomic E-state index is 12.9. The number of nitrogens with one attached hydrogen (secondary N) is 1.